The molecular weight excluding hydrogens is 360 g/mol. The zero-order valence-corrected chi connectivity index (χ0v) is 15.9. The number of hydrogen-bond acceptors (Lipinski definition) is 5. The van der Waals surface area contributed by atoms with E-state index in [0.29, 0.717) is 23.7 Å². The molecule has 0 bridgehead atoms. The van der Waals surface area contributed by atoms with Gasteiger partial charge in [-0.25, -0.2) is 0 Å². The highest BCUT2D eigenvalue weighted by atomic mass is 16.5. The smallest absolute Gasteiger partial charge is 0.321 e. The molecule has 3 aromatic rings. The molecule has 0 saturated carbocycles. The van der Waals surface area contributed by atoms with Gasteiger partial charge in [-0.2, -0.15) is 0 Å². The number of H-pyrrole nitrogens is 1. The molecule has 2 atom stereocenters. The summed E-state index contributed by atoms with van der Waals surface area (Å²) >= 11 is 0. The quantitative estimate of drug-likeness (QED) is 0.628. The fourth-order valence-electron chi connectivity index (χ4n) is 3.99. The first-order valence-corrected chi connectivity index (χ1v) is 8.96. The summed E-state index contributed by atoms with van der Waals surface area (Å²) < 4.78 is 16.5. The molecular formula is C21H22N2O5. The Morgan fingerprint density at radius 3 is 2.46 bits per heavy atom. The van der Waals surface area contributed by atoms with Crippen molar-refractivity contribution in [3.63, 3.8) is 0 Å². The van der Waals surface area contributed by atoms with Gasteiger partial charge in [-0.15, -0.1) is 0 Å². The van der Waals surface area contributed by atoms with Crippen molar-refractivity contribution in [2.75, 3.05) is 21.3 Å². The van der Waals surface area contributed by atoms with Gasteiger partial charge in [-0.05, 0) is 23.8 Å². The predicted octanol–water partition coefficient (Wildman–Crippen LogP) is 2.88. The molecule has 0 spiro atoms. The second kappa shape index (κ2) is 7.09. The van der Waals surface area contributed by atoms with E-state index in [2.05, 4.69) is 10.3 Å². The predicted molar refractivity (Wildman–Crippen MR) is 105 cm³/mol. The Kier molecular flexibility index (Phi) is 4.60. The standard InChI is InChI=1S/C21H22N2O5/c1-26-16-9-8-12(19(27-2)20(16)28-3)17-18-13(10-15(23-17)21(24)25)11-6-4-5-7-14(11)22-18/h4-9,15,17,22-23H,10H2,1-3H3,(H,24,25). The van der Waals surface area contributed by atoms with E-state index >= 15 is 0 Å². The summed E-state index contributed by atoms with van der Waals surface area (Å²) in [7, 11) is 4.67. The molecule has 7 nitrogen and oxygen atoms in total. The lowest BCUT2D eigenvalue weighted by molar-refractivity contribution is -0.139. The third-order valence-electron chi connectivity index (χ3n) is 5.26. The second-order valence-corrected chi connectivity index (χ2v) is 6.68. The molecule has 3 N–H and O–H groups in total. The summed E-state index contributed by atoms with van der Waals surface area (Å²) in [4.78, 5) is 15.3. The van der Waals surface area contributed by atoms with Gasteiger partial charge in [0.1, 0.15) is 6.04 Å². The van der Waals surface area contributed by atoms with Gasteiger partial charge in [-0.1, -0.05) is 18.2 Å². The van der Waals surface area contributed by atoms with E-state index in [9.17, 15) is 9.90 Å². The van der Waals surface area contributed by atoms with Gasteiger partial charge in [0.2, 0.25) is 5.75 Å². The molecule has 1 aliphatic heterocycles. The van der Waals surface area contributed by atoms with Gasteiger partial charge in [0.25, 0.3) is 0 Å². The molecule has 0 aliphatic carbocycles. The molecule has 2 heterocycles. The lowest BCUT2D eigenvalue weighted by atomic mass is 9.89. The highest BCUT2D eigenvalue weighted by Crippen LogP contribution is 2.45. The first-order chi connectivity index (χ1) is 13.6. The molecule has 4 rings (SSSR count). The average molecular weight is 382 g/mol. The van der Waals surface area contributed by atoms with Crippen molar-refractivity contribution in [3.8, 4) is 17.2 Å². The van der Waals surface area contributed by atoms with E-state index in [1.54, 1.807) is 27.4 Å². The maximum absolute atomic E-state index is 11.8. The molecule has 0 saturated heterocycles. The lowest BCUT2D eigenvalue weighted by Gasteiger charge is -2.31. The SMILES string of the molecule is COc1ccc(C2NC(C(=O)O)Cc3c2[nH]c2ccccc32)c(OC)c1OC. The third-order valence-corrected chi connectivity index (χ3v) is 5.26. The first kappa shape index (κ1) is 18.2. The van der Waals surface area contributed by atoms with Crippen molar-refractivity contribution < 1.29 is 24.1 Å². The van der Waals surface area contributed by atoms with Gasteiger partial charge >= 0.3 is 5.97 Å². The Bertz CT molecular complexity index is 1040. The average Bonchev–Trinajstić information content (AvgIpc) is 3.10. The largest absolute Gasteiger partial charge is 0.493 e. The van der Waals surface area contributed by atoms with Crippen molar-refractivity contribution in [2.45, 2.75) is 18.5 Å². The van der Waals surface area contributed by atoms with Gasteiger partial charge in [0.15, 0.2) is 11.5 Å². The maximum Gasteiger partial charge on any atom is 0.321 e. The topological polar surface area (TPSA) is 92.8 Å². The number of hydrogen-bond donors (Lipinski definition) is 3. The van der Waals surface area contributed by atoms with Crippen LogP contribution in [-0.4, -0.2) is 43.4 Å². The second-order valence-electron chi connectivity index (χ2n) is 6.68. The highest BCUT2D eigenvalue weighted by Gasteiger charge is 2.36. The number of methoxy groups -OCH3 is 3. The number of nitrogens with one attached hydrogen (secondary N) is 2. The Morgan fingerprint density at radius 2 is 1.79 bits per heavy atom. The van der Waals surface area contributed by atoms with Crippen LogP contribution < -0.4 is 19.5 Å². The van der Waals surface area contributed by atoms with Crippen LogP contribution in [0.1, 0.15) is 22.9 Å². The van der Waals surface area contributed by atoms with E-state index in [-0.39, 0.29) is 0 Å². The van der Waals surface area contributed by atoms with E-state index < -0.39 is 18.1 Å². The Balaban J connectivity index is 1.94. The number of aliphatic carboxylic acids is 1. The molecule has 28 heavy (non-hydrogen) atoms. The Hall–Kier alpha value is -3.19. The number of fused-ring (bicyclic) bond motifs is 3. The molecule has 146 valence electrons. The number of aromatic nitrogens is 1. The highest BCUT2D eigenvalue weighted by molar-refractivity contribution is 5.87. The van der Waals surface area contributed by atoms with Crippen LogP contribution in [0.4, 0.5) is 0 Å². The zero-order chi connectivity index (χ0) is 19.8. The summed E-state index contributed by atoms with van der Waals surface area (Å²) in [6.45, 7) is 0. The first-order valence-electron chi connectivity index (χ1n) is 8.96. The van der Waals surface area contributed by atoms with Crippen LogP contribution in [0.2, 0.25) is 0 Å². The minimum absolute atomic E-state index is 0.396. The number of carboxylic acids is 1. The van der Waals surface area contributed by atoms with Crippen LogP contribution in [0.25, 0.3) is 10.9 Å². The number of para-hydroxylation sites is 1. The Labute approximate surface area is 162 Å². The van der Waals surface area contributed by atoms with Crippen LogP contribution >= 0.6 is 0 Å². The van der Waals surface area contributed by atoms with Gasteiger partial charge < -0.3 is 24.3 Å². The summed E-state index contributed by atoms with van der Waals surface area (Å²) in [6.07, 6.45) is 0.404. The van der Waals surface area contributed by atoms with Crippen LogP contribution in [0.5, 0.6) is 17.2 Å². The summed E-state index contributed by atoms with van der Waals surface area (Å²) in [6, 6.07) is 10.5. The summed E-state index contributed by atoms with van der Waals surface area (Å²) in [5.74, 6) is 0.639. The van der Waals surface area contributed by atoms with Crippen molar-refractivity contribution in [1.29, 1.82) is 0 Å². The third kappa shape index (κ3) is 2.75. The molecule has 0 radical (unpaired) electrons. The van der Waals surface area contributed by atoms with Crippen molar-refractivity contribution in [3.05, 3.63) is 53.2 Å². The monoisotopic (exact) mass is 382 g/mol. The zero-order valence-electron chi connectivity index (χ0n) is 15.9. The van der Waals surface area contributed by atoms with Gasteiger partial charge in [-0.3, -0.25) is 10.1 Å². The molecule has 7 heteroatoms. The Morgan fingerprint density at radius 1 is 1.04 bits per heavy atom. The number of rotatable bonds is 5. The van der Waals surface area contributed by atoms with E-state index in [1.165, 1.54) is 0 Å². The molecule has 0 amide bonds. The molecule has 0 fully saturated rings. The maximum atomic E-state index is 11.8. The van der Waals surface area contributed by atoms with Crippen LogP contribution in [0, 0.1) is 0 Å². The molecule has 1 aliphatic rings. The molecule has 2 aromatic carbocycles. The number of carbonyl (C=O) groups is 1. The van der Waals surface area contributed by atoms with Crippen LogP contribution in [0.3, 0.4) is 0 Å². The van der Waals surface area contributed by atoms with Crippen molar-refractivity contribution >= 4 is 16.9 Å². The van der Waals surface area contributed by atoms with Crippen LogP contribution in [-0.2, 0) is 11.2 Å². The van der Waals surface area contributed by atoms with E-state index in [1.807, 2.05) is 30.3 Å². The minimum atomic E-state index is -0.889. The minimum Gasteiger partial charge on any atom is -0.493 e. The molecule has 1 aromatic heterocycles. The van der Waals surface area contributed by atoms with Crippen LogP contribution in [0.15, 0.2) is 36.4 Å². The van der Waals surface area contributed by atoms with Crippen molar-refractivity contribution in [1.82, 2.24) is 10.3 Å². The van der Waals surface area contributed by atoms with E-state index in [4.69, 9.17) is 14.2 Å². The van der Waals surface area contributed by atoms with Crippen molar-refractivity contribution in [2.24, 2.45) is 0 Å². The summed E-state index contributed by atoms with van der Waals surface area (Å²) in [5.41, 5.74) is 3.69. The summed E-state index contributed by atoms with van der Waals surface area (Å²) in [5, 5.41) is 14.0. The fourth-order valence-corrected chi connectivity index (χ4v) is 3.99. The number of carboxylic acid groups (broad SMARTS) is 1. The number of benzene rings is 2. The number of ether oxygens (including phenoxy) is 3. The van der Waals surface area contributed by atoms with E-state index in [0.717, 1.165) is 27.7 Å². The lowest BCUT2D eigenvalue weighted by Crippen LogP contribution is -2.45. The van der Waals surface area contributed by atoms with Gasteiger partial charge in [0.05, 0.1) is 27.4 Å². The molecule has 2 unspecified atom stereocenters. The number of aromatic amines is 1. The fraction of sp³-hybridized carbons (Fsp3) is 0.286. The van der Waals surface area contributed by atoms with Gasteiger partial charge in [0, 0.05) is 28.6 Å². The normalized spacial score (nSPS) is 18.5.